The molecule has 5 nitrogen and oxygen atoms in total. The molecule has 0 aliphatic heterocycles. The lowest BCUT2D eigenvalue weighted by molar-refractivity contribution is 0.00976. The van der Waals surface area contributed by atoms with Crippen LogP contribution < -0.4 is 0 Å². The first-order chi connectivity index (χ1) is 7.16. The maximum Gasteiger partial charge on any atom is 0.120 e. The maximum absolute atomic E-state index is 9.76. The second kappa shape index (κ2) is 6.07. The number of aromatic nitrogens is 2. The molecule has 0 aliphatic carbocycles. The second-order valence-corrected chi connectivity index (χ2v) is 3.49. The van der Waals surface area contributed by atoms with E-state index in [1.165, 1.54) is 10.9 Å². The van der Waals surface area contributed by atoms with Gasteiger partial charge < -0.3 is 14.6 Å². The molecule has 0 amide bonds. The van der Waals surface area contributed by atoms with Gasteiger partial charge in [-0.05, 0) is 0 Å². The predicted molar refractivity (Wildman–Crippen MR) is 55.9 cm³/mol. The standard InChI is InChI=1S/C9H15ClN2O3/c1-12-9(7(10)5-11-12)8(13)6-15-4-3-14-2/h5,8,13H,3-4,6H2,1-2H3. The van der Waals surface area contributed by atoms with E-state index in [1.54, 1.807) is 14.2 Å². The van der Waals surface area contributed by atoms with Crippen LogP contribution in [0.3, 0.4) is 0 Å². The van der Waals surface area contributed by atoms with Gasteiger partial charge >= 0.3 is 0 Å². The predicted octanol–water partition coefficient (Wildman–Crippen LogP) is 0.770. The number of rotatable bonds is 6. The van der Waals surface area contributed by atoms with Crippen LogP contribution in [0.1, 0.15) is 11.8 Å². The molecule has 6 heteroatoms. The van der Waals surface area contributed by atoms with Crippen molar-refractivity contribution in [1.82, 2.24) is 9.78 Å². The van der Waals surface area contributed by atoms with E-state index in [1.807, 2.05) is 0 Å². The summed E-state index contributed by atoms with van der Waals surface area (Å²) in [6.07, 6.45) is 0.733. The zero-order valence-electron chi connectivity index (χ0n) is 8.81. The number of aryl methyl sites for hydroxylation is 1. The molecule has 0 saturated carbocycles. The maximum atomic E-state index is 9.76. The van der Waals surface area contributed by atoms with Gasteiger partial charge in [0.15, 0.2) is 0 Å². The lowest BCUT2D eigenvalue weighted by Crippen LogP contribution is -2.14. The first-order valence-corrected chi connectivity index (χ1v) is 4.96. The third-order valence-electron chi connectivity index (χ3n) is 1.96. The summed E-state index contributed by atoms with van der Waals surface area (Å²) in [7, 11) is 3.32. The lowest BCUT2D eigenvalue weighted by atomic mass is 10.2. The minimum Gasteiger partial charge on any atom is -0.384 e. The van der Waals surface area contributed by atoms with E-state index in [-0.39, 0.29) is 6.61 Å². The summed E-state index contributed by atoms with van der Waals surface area (Å²) in [5.74, 6) is 0. The smallest absolute Gasteiger partial charge is 0.120 e. The Morgan fingerprint density at radius 1 is 1.60 bits per heavy atom. The van der Waals surface area contributed by atoms with Crippen LogP contribution in [0.25, 0.3) is 0 Å². The quantitative estimate of drug-likeness (QED) is 0.739. The molecular weight excluding hydrogens is 220 g/mol. The fourth-order valence-corrected chi connectivity index (χ4v) is 1.50. The first kappa shape index (κ1) is 12.4. The number of methoxy groups -OCH3 is 1. The van der Waals surface area contributed by atoms with E-state index in [4.69, 9.17) is 21.1 Å². The molecule has 1 unspecified atom stereocenters. The molecule has 0 bridgehead atoms. The lowest BCUT2D eigenvalue weighted by Gasteiger charge is -2.12. The van der Waals surface area contributed by atoms with Crippen molar-refractivity contribution in [1.29, 1.82) is 0 Å². The Labute approximate surface area is 93.6 Å². The van der Waals surface area contributed by atoms with Gasteiger partial charge in [-0.15, -0.1) is 0 Å². The molecule has 0 aliphatic rings. The Morgan fingerprint density at radius 2 is 2.33 bits per heavy atom. The van der Waals surface area contributed by atoms with E-state index in [0.29, 0.717) is 23.9 Å². The fraction of sp³-hybridized carbons (Fsp3) is 0.667. The molecule has 0 fully saturated rings. The minimum atomic E-state index is -0.762. The van der Waals surface area contributed by atoms with E-state index >= 15 is 0 Å². The number of ether oxygens (including phenoxy) is 2. The summed E-state index contributed by atoms with van der Waals surface area (Å²) < 4.78 is 11.5. The average Bonchev–Trinajstić information content (AvgIpc) is 2.53. The number of nitrogens with zero attached hydrogens (tertiary/aromatic N) is 2. The van der Waals surface area contributed by atoms with Gasteiger partial charge in [-0.1, -0.05) is 11.6 Å². The summed E-state index contributed by atoms with van der Waals surface area (Å²) in [6, 6.07) is 0. The van der Waals surface area contributed by atoms with E-state index in [2.05, 4.69) is 5.10 Å². The Morgan fingerprint density at radius 3 is 2.87 bits per heavy atom. The zero-order valence-corrected chi connectivity index (χ0v) is 9.57. The third-order valence-corrected chi connectivity index (χ3v) is 2.25. The van der Waals surface area contributed by atoms with Gasteiger partial charge in [-0.25, -0.2) is 0 Å². The zero-order chi connectivity index (χ0) is 11.3. The molecule has 1 rings (SSSR count). The van der Waals surface area contributed by atoms with Gasteiger partial charge in [0.1, 0.15) is 6.10 Å². The molecule has 0 spiro atoms. The molecule has 0 aromatic carbocycles. The van der Waals surface area contributed by atoms with Crippen LogP contribution in [-0.4, -0.2) is 41.8 Å². The summed E-state index contributed by atoms with van der Waals surface area (Å²) in [6.45, 7) is 1.14. The van der Waals surface area contributed by atoms with Crippen molar-refractivity contribution in [3.63, 3.8) is 0 Å². The first-order valence-electron chi connectivity index (χ1n) is 4.59. The highest BCUT2D eigenvalue weighted by atomic mass is 35.5. The van der Waals surface area contributed by atoms with Crippen molar-refractivity contribution < 1.29 is 14.6 Å². The summed E-state index contributed by atoms with van der Waals surface area (Å²) in [5.41, 5.74) is 0.564. The molecule has 1 aromatic rings. The molecule has 1 heterocycles. The van der Waals surface area contributed by atoms with Crippen molar-refractivity contribution in [2.45, 2.75) is 6.10 Å². The summed E-state index contributed by atoms with van der Waals surface area (Å²) >= 11 is 5.86. The highest BCUT2D eigenvalue weighted by Crippen LogP contribution is 2.21. The van der Waals surface area contributed by atoms with Crippen LogP contribution in [0.5, 0.6) is 0 Å². The minimum absolute atomic E-state index is 0.183. The van der Waals surface area contributed by atoms with E-state index in [9.17, 15) is 5.11 Å². The third kappa shape index (κ3) is 3.46. The highest BCUT2D eigenvalue weighted by Gasteiger charge is 2.16. The molecule has 15 heavy (non-hydrogen) atoms. The van der Waals surface area contributed by atoms with E-state index < -0.39 is 6.10 Å². The van der Waals surface area contributed by atoms with Gasteiger partial charge in [0, 0.05) is 14.2 Å². The van der Waals surface area contributed by atoms with Crippen molar-refractivity contribution in [2.24, 2.45) is 7.05 Å². The van der Waals surface area contributed by atoms with Crippen LogP contribution in [0.4, 0.5) is 0 Å². The molecule has 1 N–H and O–H groups in total. The average molecular weight is 235 g/mol. The van der Waals surface area contributed by atoms with Crippen LogP contribution in [-0.2, 0) is 16.5 Å². The Balaban J connectivity index is 2.43. The molecule has 0 saturated heterocycles. The van der Waals surface area contributed by atoms with Crippen molar-refractivity contribution >= 4 is 11.6 Å². The van der Waals surface area contributed by atoms with Crippen LogP contribution >= 0.6 is 11.6 Å². The number of aliphatic hydroxyl groups excluding tert-OH is 1. The Kier molecular flexibility index (Phi) is 5.04. The summed E-state index contributed by atoms with van der Waals surface area (Å²) in [4.78, 5) is 0. The van der Waals surface area contributed by atoms with Gasteiger partial charge in [-0.3, -0.25) is 4.68 Å². The molecule has 86 valence electrons. The van der Waals surface area contributed by atoms with Gasteiger partial charge in [0.2, 0.25) is 0 Å². The van der Waals surface area contributed by atoms with Crippen molar-refractivity contribution in [3.05, 3.63) is 16.9 Å². The number of aliphatic hydroxyl groups is 1. The van der Waals surface area contributed by atoms with Crippen LogP contribution in [0, 0.1) is 0 Å². The molecule has 1 aromatic heterocycles. The molecular formula is C9H15ClN2O3. The monoisotopic (exact) mass is 234 g/mol. The van der Waals surface area contributed by atoms with Gasteiger partial charge in [0.05, 0.1) is 36.7 Å². The van der Waals surface area contributed by atoms with Crippen molar-refractivity contribution in [2.75, 3.05) is 26.9 Å². The van der Waals surface area contributed by atoms with Gasteiger partial charge in [0.25, 0.3) is 0 Å². The summed E-state index contributed by atoms with van der Waals surface area (Å²) in [5, 5.41) is 14.1. The topological polar surface area (TPSA) is 56.5 Å². The largest absolute Gasteiger partial charge is 0.384 e. The molecule has 0 radical (unpaired) electrons. The fourth-order valence-electron chi connectivity index (χ4n) is 1.21. The Bertz CT molecular complexity index is 284. The van der Waals surface area contributed by atoms with Crippen LogP contribution in [0.15, 0.2) is 6.20 Å². The number of hydrogen-bond acceptors (Lipinski definition) is 4. The number of hydrogen-bond donors (Lipinski definition) is 1. The normalized spacial score (nSPS) is 13.1. The van der Waals surface area contributed by atoms with E-state index in [0.717, 1.165) is 0 Å². The van der Waals surface area contributed by atoms with Crippen LogP contribution in [0.2, 0.25) is 5.02 Å². The van der Waals surface area contributed by atoms with Gasteiger partial charge in [-0.2, -0.15) is 5.10 Å². The Hall–Kier alpha value is -0.620. The number of halogens is 1. The molecule has 1 atom stereocenters. The second-order valence-electron chi connectivity index (χ2n) is 3.08. The highest BCUT2D eigenvalue weighted by molar-refractivity contribution is 6.31. The van der Waals surface area contributed by atoms with Crippen molar-refractivity contribution in [3.8, 4) is 0 Å². The SMILES string of the molecule is COCCOCC(O)c1c(Cl)cnn1C.